The van der Waals surface area contributed by atoms with Crippen molar-refractivity contribution in [1.82, 2.24) is 4.31 Å². The molecule has 0 saturated carbocycles. The third-order valence-corrected chi connectivity index (χ3v) is 6.64. The van der Waals surface area contributed by atoms with Crippen LogP contribution in [0.1, 0.15) is 16.9 Å². The Morgan fingerprint density at radius 2 is 2.25 bits per heavy atom. The van der Waals surface area contributed by atoms with E-state index in [-0.39, 0.29) is 11.5 Å². The predicted molar refractivity (Wildman–Crippen MR) is 78.3 cm³/mol. The van der Waals surface area contributed by atoms with Gasteiger partial charge in [-0.15, -0.1) is 11.3 Å². The van der Waals surface area contributed by atoms with Gasteiger partial charge in [0.1, 0.15) is 4.90 Å². The summed E-state index contributed by atoms with van der Waals surface area (Å²) in [6.45, 7) is 2.89. The summed E-state index contributed by atoms with van der Waals surface area (Å²) in [5, 5.41) is 11.1. The topological polar surface area (TPSA) is 66.8 Å². The maximum atomic E-state index is 12.7. The first kappa shape index (κ1) is 15.7. The van der Waals surface area contributed by atoms with Gasteiger partial charge in [0, 0.05) is 20.2 Å². The third-order valence-electron chi connectivity index (χ3n) is 3.33. The van der Waals surface area contributed by atoms with Crippen LogP contribution in [0.5, 0.6) is 0 Å². The zero-order valence-corrected chi connectivity index (χ0v) is 13.3. The van der Waals surface area contributed by atoms with Crippen LogP contribution in [0.25, 0.3) is 0 Å². The second-order valence-electron chi connectivity index (χ2n) is 4.74. The Bertz CT molecular complexity index is 604. The van der Waals surface area contributed by atoms with Gasteiger partial charge < -0.3 is 9.84 Å². The first-order valence-corrected chi connectivity index (χ1v) is 8.67. The quantitative estimate of drug-likeness (QED) is 0.836. The van der Waals surface area contributed by atoms with Crippen LogP contribution in [0.2, 0.25) is 0 Å². The van der Waals surface area contributed by atoms with Crippen molar-refractivity contribution in [3.05, 3.63) is 27.5 Å². The fraction of sp³-hybridized carbons (Fsp3) is 0.538. The molecule has 0 bridgehead atoms. The summed E-state index contributed by atoms with van der Waals surface area (Å²) in [6.07, 6.45) is 2.59. The van der Waals surface area contributed by atoms with E-state index >= 15 is 0 Å². The van der Waals surface area contributed by atoms with E-state index in [0.29, 0.717) is 36.6 Å². The minimum atomic E-state index is -3.53. The highest BCUT2D eigenvalue weighted by Crippen LogP contribution is 2.30. The Kier molecular flexibility index (Phi) is 4.98. The molecule has 0 aliphatic carbocycles. The molecule has 0 unspecified atom stereocenters. The number of ether oxygens (including phenoxy) is 1. The normalized spacial score (nSPS) is 17.2. The molecule has 0 atom stereocenters. The molecule has 0 aromatic carbocycles. The molecule has 7 heteroatoms. The van der Waals surface area contributed by atoms with E-state index < -0.39 is 10.0 Å². The monoisotopic (exact) mass is 317 g/mol. The number of aliphatic hydroxyl groups excluding tert-OH is 1. The number of hydrogen-bond donors (Lipinski definition) is 1. The summed E-state index contributed by atoms with van der Waals surface area (Å²) in [6, 6.07) is 0. The van der Waals surface area contributed by atoms with Crippen molar-refractivity contribution < 1.29 is 18.3 Å². The highest BCUT2D eigenvalue weighted by molar-refractivity contribution is 7.89. The molecule has 1 N–H and O–H groups in total. The average Bonchev–Trinajstić information content (AvgIpc) is 2.81. The lowest BCUT2D eigenvalue weighted by Gasteiger charge is -2.26. The van der Waals surface area contributed by atoms with Crippen molar-refractivity contribution in [2.45, 2.75) is 24.8 Å². The fourth-order valence-electron chi connectivity index (χ4n) is 2.30. The predicted octanol–water partition coefficient (Wildman–Crippen LogP) is 1.52. The highest BCUT2D eigenvalue weighted by atomic mass is 32.2. The number of methoxy groups -OCH3 is 1. The number of aliphatic hydroxyl groups is 1. The maximum absolute atomic E-state index is 12.7. The third kappa shape index (κ3) is 2.96. The smallest absolute Gasteiger partial charge is 0.244 e. The van der Waals surface area contributed by atoms with Gasteiger partial charge in [0.05, 0.1) is 18.1 Å². The molecule has 112 valence electrons. The average molecular weight is 317 g/mol. The SMILES string of the molecule is COCC1=CCN(S(=O)(=O)c2c(C)csc2CO)CC1. The van der Waals surface area contributed by atoms with Crippen molar-refractivity contribution in [2.75, 3.05) is 26.8 Å². The second kappa shape index (κ2) is 6.36. The Labute approximate surface area is 123 Å². The van der Waals surface area contributed by atoms with Gasteiger partial charge in [-0.2, -0.15) is 4.31 Å². The number of rotatable bonds is 5. The van der Waals surface area contributed by atoms with Gasteiger partial charge in [-0.1, -0.05) is 6.08 Å². The maximum Gasteiger partial charge on any atom is 0.244 e. The van der Waals surface area contributed by atoms with Gasteiger partial charge in [0.2, 0.25) is 10.0 Å². The first-order chi connectivity index (χ1) is 9.50. The summed E-state index contributed by atoms with van der Waals surface area (Å²) < 4.78 is 31.9. The van der Waals surface area contributed by atoms with Crippen molar-refractivity contribution in [3.63, 3.8) is 0 Å². The zero-order valence-electron chi connectivity index (χ0n) is 11.6. The van der Waals surface area contributed by atoms with Gasteiger partial charge in [0.15, 0.2) is 0 Å². The Balaban J connectivity index is 2.26. The lowest BCUT2D eigenvalue weighted by atomic mass is 10.1. The number of sulfonamides is 1. The van der Waals surface area contributed by atoms with Crippen LogP contribution in [-0.2, 0) is 21.4 Å². The molecule has 0 spiro atoms. The van der Waals surface area contributed by atoms with Crippen LogP contribution < -0.4 is 0 Å². The molecule has 0 fully saturated rings. The number of hydrogen-bond acceptors (Lipinski definition) is 5. The van der Waals surface area contributed by atoms with Crippen LogP contribution in [0.3, 0.4) is 0 Å². The number of nitrogens with zero attached hydrogens (tertiary/aromatic N) is 1. The minimum absolute atomic E-state index is 0.244. The summed E-state index contributed by atoms with van der Waals surface area (Å²) in [4.78, 5) is 0.780. The molecule has 1 aromatic rings. The molecule has 1 aliphatic heterocycles. The molecule has 0 saturated heterocycles. The summed E-state index contributed by atoms with van der Waals surface area (Å²) in [7, 11) is -1.90. The van der Waals surface area contributed by atoms with Crippen molar-refractivity contribution in [1.29, 1.82) is 0 Å². The summed E-state index contributed by atoms with van der Waals surface area (Å²) in [5.41, 5.74) is 1.83. The van der Waals surface area contributed by atoms with E-state index in [1.807, 2.05) is 6.08 Å². The molecular formula is C13H19NO4S2. The van der Waals surface area contributed by atoms with Crippen LogP contribution in [0.4, 0.5) is 0 Å². The van der Waals surface area contributed by atoms with E-state index in [2.05, 4.69) is 0 Å². The van der Waals surface area contributed by atoms with E-state index in [9.17, 15) is 13.5 Å². The lowest BCUT2D eigenvalue weighted by Crippen LogP contribution is -2.35. The first-order valence-electron chi connectivity index (χ1n) is 6.35. The lowest BCUT2D eigenvalue weighted by molar-refractivity contribution is 0.219. The summed E-state index contributed by atoms with van der Waals surface area (Å²) >= 11 is 1.28. The van der Waals surface area contributed by atoms with Crippen molar-refractivity contribution >= 4 is 21.4 Å². The second-order valence-corrected chi connectivity index (χ2v) is 7.58. The van der Waals surface area contributed by atoms with E-state index in [1.54, 1.807) is 19.4 Å². The van der Waals surface area contributed by atoms with Crippen LogP contribution >= 0.6 is 11.3 Å². The minimum Gasteiger partial charge on any atom is -0.391 e. The highest BCUT2D eigenvalue weighted by Gasteiger charge is 2.30. The van der Waals surface area contributed by atoms with Gasteiger partial charge >= 0.3 is 0 Å². The van der Waals surface area contributed by atoms with E-state index in [4.69, 9.17) is 4.74 Å². The molecule has 0 amide bonds. The molecule has 1 aliphatic rings. The van der Waals surface area contributed by atoms with Crippen LogP contribution in [0.15, 0.2) is 21.9 Å². The van der Waals surface area contributed by atoms with Crippen LogP contribution in [-0.4, -0.2) is 44.6 Å². The Morgan fingerprint density at radius 1 is 1.50 bits per heavy atom. The zero-order chi connectivity index (χ0) is 14.8. The van der Waals surface area contributed by atoms with E-state index in [0.717, 1.165) is 5.57 Å². The van der Waals surface area contributed by atoms with Crippen molar-refractivity contribution in [2.24, 2.45) is 0 Å². The largest absolute Gasteiger partial charge is 0.391 e. The molecule has 0 radical (unpaired) electrons. The molecule has 20 heavy (non-hydrogen) atoms. The Morgan fingerprint density at radius 3 is 2.80 bits per heavy atom. The van der Waals surface area contributed by atoms with Gasteiger partial charge in [0.25, 0.3) is 0 Å². The van der Waals surface area contributed by atoms with Gasteiger partial charge in [-0.3, -0.25) is 0 Å². The summed E-state index contributed by atoms with van der Waals surface area (Å²) in [5.74, 6) is 0. The Hall–Kier alpha value is -0.730. The fourth-order valence-corrected chi connectivity index (χ4v) is 5.29. The molecular weight excluding hydrogens is 298 g/mol. The van der Waals surface area contributed by atoms with Crippen LogP contribution in [0, 0.1) is 6.92 Å². The van der Waals surface area contributed by atoms with E-state index in [1.165, 1.54) is 15.6 Å². The number of thiophene rings is 1. The molecule has 5 nitrogen and oxygen atoms in total. The molecule has 1 aromatic heterocycles. The van der Waals surface area contributed by atoms with Gasteiger partial charge in [-0.25, -0.2) is 8.42 Å². The number of aryl methyl sites for hydroxylation is 1. The molecule has 2 rings (SSSR count). The van der Waals surface area contributed by atoms with Gasteiger partial charge in [-0.05, 0) is 29.9 Å². The van der Waals surface area contributed by atoms with Crippen molar-refractivity contribution in [3.8, 4) is 0 Å². The molecule has 2 heterocycles. The standard InChI is InChI=1S/C13H19NO4S2/c1-10-9-19-12(7-15)13(10)20(16,17)14-5-3-11(4-6-14)8-18-2/h3,9,15H,4-8H2,1-2H3.